The molecule has 2 aromatic rings. The topological polar surface area (TPSA) is 83.8 Å². The zero-order chi connectivity index (χ0) is 23.8. The van der Waals surface area contributed by atoms with Crippen LogP contribution in [0.15, 0.2) is 36.4 Å². The Morgan fingerprint density at radius 1 is 0.710 bits per heavy atom. The van der Waals surface area contributed by atoms with E-state index in [2.05, 4.69) is 0 Å². The molecule has 2 N–H and O–H groups in total. The summed E-state index contributed by atoms with van der Waals surface area (Å²) in [6.07, 6.45) is 0.201. The number of aryl methyl sites for hydroxylation is 2. The zero-order valence-corrected chi connectivity index (χ0v) is 21.7. The second-order valence-electron chi connectivity index (χ2n) is 10.9. The molecule has 2 unspecified atom stereocenters. The maximum atomic E-state index is 13.3. The molecule has 2 rings (SSSR count). The molecule has 7 heteroatoms. The summed E-state index contributed by atoms with van der Waals surface area (Å²) in [5, 5.41) is 0.468. The van der Waals surface area contributed by atoms with Gasteiger partial charge in [-0.2, -0.15) is 0 Å². The Hall–Kier alpha value is -1.38. The lowest BCUT2D eigenvalue weighted by molar-refractivity contribution is 0.424. The van der Waals surface area contributed by atoms with E-state index in [1.807, 2.05) is 55.4 Å². The first-order valence-electron chi connectivity index (χ1n) is 10.4. The van der Waals surface area contributed by atoms with Crippen LogP contribution in [0.5, 0.6) is 11.5 Å². The maximum Gasteiger partial charge on any atom is 0.233 e. The van der Waals surface area contributed by atoms with Crippen molar-refractivity contribution in [1.82, 2.24) is 0 Å². The van der Waals surface area contributed by atoms with Crippen molar-refractivity contribution in [2.24, 2.45) is 10.8 Å². The molecule has 0 aliphatic rings. The largest absolute Gasteiger partial charge is 0.456 e. The number of ether oxygens (including phenoxy) is 1. The van der Waals surface area contributed by atoms with Gasteiger partial charge < -0.3 is 14.5 Å². The monoisotopic (exact) mass is 466 g/mol. The van der Waals surface area contributed by atoms with Crippen LogP contribution < -0.4 is 15.3 Å². The van der Waals surface area contributed by atoms with Crippen LogP contribution in [0, 0.1) is 24.7 Å². The summed E-state index contributed by atoms with van der Waals surface area (Å²) in [7, 11) is -7.45. The third-order valence-electron chi connectivity index (χ3n) is 4.58. The molecule has 0 fully saturated rings. The van der Waals surface area contributed by atoms with E-state index in [0.717, 1.165) is 11.1 Å². The molecule has 0 radical (unpaired) electrons. The van der Waals surface area contributed by atoms with Gasteiger partial charge in [-0.05, 0) is 48.9 Å². The molecule has 5 nitrogen and oxygen atoms in total. The van der Waals surface area contributed by atoms with E-state index < -0.39 is 14.7 Å². The molecule has 0 saturated carbocycles. The van der Waals surface area contributed by atoms with Crippen molar-refractivity contribution in [3.05, 3.63) is 47.5 Å². The third-order valence-corrected chi connectivity index (χ3v) is 9.54. The van der Waals surface area contributed by atoms with Crippen LogP contribution in [0.25, 0.3) is 0 Å². The minimum Gasteiger partial charge on any atom is -0.456 e. The lowest BCUT2D eigenvalue weighted by Crippen LogP contribution is -2.21. The highest BCUT2D eigenvalue weighted by Gasteiger charge is 2.34. The highest BCUT2D eigenvalue weighted by atomic mass is 31.2. The van der Waals surface area contributed by atoms with Gasteiger partial charge >= 0.3 is 0 Å². The van der Waals surface area contributed by atoms with Gasteiger partial charge in [0.25, 0.3) is 0 Å². The number of hydrogen-bond acceptors (Lipinski definition) is 3. The molecular weight excluding hydrogens is 430 g/mol. The molecule has 0 spiro atoms. The van der Waals surface area contributed by atoms with Crippen molar-refractivity contribution in [2.45, 2.75) is 55.4 Å². The van der Waals surface area contributed by atoms with Crippen molar-refractivity contribution in [1.29, 1.82) is 0 Å². The number of rotatable bonds is 6. The van der Waals surface area contributed by atoms with Gasteiger partial charge in [0.15, 0.2) is 0 Å². The fraction of sp³-hybridized carbons (Fsp3) is 0.500. The standard InChI is InChI=1S/C24H36O5P2/c1-17-9-11-19(21(13-17)30(25,26)15-23(3,4)5)29-20-12-10-18(2)14-22(20)31(27,28)16-24(6,7)8/h9-14H,15-16H2,1-8H3,(H,25,26)(H,27,28). The minimum atomic E-state index is -3.72. The number of benzene rings is 2. The quantitative estimate of drug-likeness (QED) is 0.512. The van der Waals surface area contributed by atoms with E-state index in [4.69, 9.17) is 4.74 Å². The van der Waals surface area contributed by atoms with Crippen LogP contribution in [-0.2, 0) is 9.13 Å². The zero-order valence-electron chi connectivity index (χ0n) is 19.9. The average Bonchev–Trinajstić information content (AvgIpc) is 2.53. The lowest BCUT2D eigenvalue weighted by atomic mass is 10.0. The Morgan fingerprint density at radius 3 is 1.32 bits per heavy atom. The first-order valence-corrected chi connectivity index (χ1v) is 14.1. The molecule has 0 aliphatic heterocycles. The third kappa shape index (κ3) is 7.32. The Labute approximate surface area is 186 Å². The van der Waals surface area contributed by atoms with E-state index in [-0.39, 0.29) is 45.3 Å². The molecule has 2 atom stereocenters. The van der Waals surface area contributed by atoms with Gasteiger partial charge in [-0.1, -0.05) is 64.8 Å². The molecule has 31 heavy (non-hydrogen) atoms. The molecule has 0 bridgehead atoms. The normalized spacial score (nSPS) is 16.5. The Kier molecular flexibility index (Phi) is 7.40. The SMILES string of the molecule is Cc1ccc(Oc2ccc(C)cc2P(=O)(O)CC(C)(C)C)c(P(=O)(O)CC(C)(C)C)c1. The van der Waals surface area contributed by atoms with Gasteiger partial charge in [0.05, 0.1) is 10.6 Å². The fourth-order valence-corrected chi connectivity index (χ4v) is 8.20. The van der Waals surface area contributed by atoms with Crippen molar-refractivity contribution in [3.8, 4) is 11.5 Å². The predicted octanol–water partition coefficient (Wildman–Crippen LogP) is 5.98. The van der Waals surface area contributed by atoms with Crippen LogP contribution in [0.1, 0.15) is 52.7 Å². The predicted molar refractivity (Wildman–Crippen MR) is 130 cm³/mol. The van der Waals surface area contributed by atoms with E-state index in [1.54, 1.807) is 36.4 Å². The second kappa shape index (κ2) is 8.87. The smallest absolute Gasteiger partial charge is 0.233 e. The summed E-state index contributed by atoms with van der Waals surface area (Å²) in [5.41, 5.74) is 0.979. The molecule has 2 aromatic carbocycles. The lowest BCUT2D eigenvalue weighted by Gasteiger charge is -2.26. The molecule has 172 valence electrons. The number of hydrogen-bond donors (Lipinski definition) is 2. The summed E-state index contributed by atoms with van der Waals surface area (Å²) in [5.74, 6) is 0.475. The van der Waals surface area contributed by atoms with Gasteiger partial charge in [-0.3, -0.25) is 9.13 Å². The van der Waals surface area contributed by atoms with E-state index in [9.17, 15) is 18.9 Å². The maximum absolute atomic E-state index is 13.3. The van der Waals surface area contributed by atoms with E-state index in [1.165, 1.54) is 0 Å². The van der Waals surface area contributed by atoms with Crippen LogP contribution in [-0.4, -0.2) is 22.1 Å². The molecular formula is C24H36O5P2. The van der Waals surface area contributed by atoms with Gasteiger partial charge in [0.2, 0.25) is 14.7 Å². The highest BCUT2D eigenvalue weighted by molar-refractivity contribution is 7.66. The fourth-order valence-electron chi connectivity index (χ4n) is 3.55. The van der Waals surface area contributed by atoms with Crippen molar-refractivity contribution in [2.75, 3.05) is 12.3 Å². The molecule has 0 amide bonds. The summed E-state index contributed by atoms with van der Waals surface area (Å²) >= 11 is 0. The van der Waals surface area contributed by atoms with Crippen LogP contribution in [0.3, 0.4) is 0 Å². The highest BCUT2D eigenvalue weighted by Crippen LogP contribution is 2.50. The van der Waals surface area contributed by atoms with E-state index in [0.29, 0.717) is 0 Å². The van der Waals surface area contributed by atoms with Crippen LogP contribution >= 0.6 is 14.7 Å². The molecule has 0 aliphatic carbocycles. The Morgan fingerprint density at radius 2 is 1.03 bits per heavy atom. The van der Waals surface area contributed by atoms with E-state index >= 15 is 0 Å². The van der Waals surface area contributed by atoms with Gasteiger partial charge in [-0.25, -0.2) is 0 Å². The van der Waals surface area contributed by atoms with Crippen molar-refractivity contribution < 1.29 is 23.7 Å². The van der Waals surface area contributed by atoms with Crippen LogP contribution in [0.2, 0.25) is 0 Å². The molecule has 0 saturated heterocycles. The van der Waals surface area contributed by atoms with Crippen molar-refractivity contribution >= 4 is 25.3 Å². The second-order valence-corrected chi connectivity index (χ2v) is 15.3. The Balaban J connectivity index is 2.59. The first kappa shape index (κ1) is 25.9. The van der Waals surface area contributed by atoms with Crippen molar-refractivity contribution in [3.63, 3.8) is 0 Å². The van der Waals surface area contributed by atoms with Gasteiger partial charge in [-0.15, -0.1) is 0 Å². The first-order chi connectivity index (χ1) is 13.9. The Bertz CT molecular complexity index is 961. The van der Waals surface area contributed by atoms with Gasteiger partial charge in [0.1, 0.15) is 11.5 Å². The average molecular weight is 466 g/mol. The minimum absolute atomic E-state index is 0.100. The summed E-state index contributed by atoms with van der Waals surface area (Å²) < 4.78 is 32.7. The molecule has 0 aromatic heterocycles. The summed E-state index contributed by atoms with van der Waals surface area (Å²) in [6.45, 7) is 15.2. The van der Waals surface area contributed by atoms with Crippen LogP contribution in [0.4, 0.5) is 0 Å². The summed E-state index contributed by atoms with van der Waals surface area (Å²) in [6, 6.07) is 10.3. The molecule has 0 heterocycles. The van der Waals surface area contributed by atoms with Gasteiger partial charge in [0, 0.05) is 12.3 Å². The summed E-state index contributed by atoms with van der Waals surface area (Å²) in [4.78, 5) is 21.8.